The number of anilines is 1. The van der Waals surface area contributed by atoms with Gasteiger partial charge in [-0.25, -0.2) is 9.78 Å². The molecule has 2 rings (SSSR count). The number of hydrogen-bond donors (Lipinski definition) is 3. The second-order valence-corrected chi connectivity index (χ2v) is 6.17. The smallest absolute Gasteiger partial charge is 0.404 e. The molecule has 0 aliphatic carbocycles. The van der Waals surface area contributed by atoms with Gasteiger partial charge in [-0.1, -0.05) is 15.9 Å². The molecule has 3 N–H and O–H groups in total. The van der Waals surface area contributed by atoms with Crippen molar-refractivity contribution in [1.29, 1.82) is 0 Å². The maximum atomic E-state index is 12.0. The molecule has 0 saturated carbocycles. The Morgan fingerprint density at radius 2 is 1.96 bits per heavy atom. The molecule has 23 heavy (non-hydrogen) atoms. The number of aromatic nitrogens is 1. The number of hydrogen-bond acceptors (Lipinski definition) is 5. The normalized spacial score (nSPS) is 16.0. The minimum Gasteiger partial charge on any atom is -0.465 e. The van der Waals surface area contributed by atoms with Crippen molar-refractivity contribution < 1.29 is 14.7 Å². The van der Waals surface area contributed by atoms with E-state index in [1.165, 1.54) is 0 Å². The number of carboxylic acid groups (broad SMARTS) is 1. The van der Waals surface area contributed by atoms with Crippen LogP contribution >= 0.6 is 15.9 Å². The van der Waals surface area contributed by atoms with Crippen LogP contribution in [0.3, 0.4) is 0 Å². The van der Waals surface area contributed by atoms with Gasteiger partial charge < -0.3 is 15.7 Å². The van der Waals surface area contributed by atoms with Gasteiger partial charge >= 0.3 is 6.09 Å². The van der Waals surface area contributed by atoms with Crippen molar-refractivity contribution in [1.82, 2.24) is 20.1 Å². The third-order valence-electron chi connectivity index (χ3n) is 3.53. The van der Waals surface area contributed by atoms with Gasteiger partial charge in [-0.05, 0) is 12.1 Å². The van der Waals surface area contributed by atoms with E-state index in [1.54, 1.807) is 18.3 Å². The van der Waals surface area contributed by atoms with Gasteiger partial charge in [0.1, 0.15) is 5.82 Å². The molecule has 8 nitrogen and oxygen atoms in total. The molecular weight excluding hydrogens is 366 g/mol. The standard InChI is InChI=1S/C14H20BrN5O3/c15-11-1-2-16-12(9-11)18-13(21)10-20-7-5-19(6-8-20)4-3-17-14(22)23/h1-2,9,17H,3-8,10H2,(H,22,23)(H,16,18,21). The number of rotatable bonds is 6. The lowest BCUT2D eigenvalue weighted by molar-refractivity contribution is -0.117. The van der Waals surface area contributed by atoms with E-state index < -0.39 is 6.09 Å². The van der Waals surface area contributed by atoms with Crippen molar-refractivity contribution in [2.75, 3.05) is 51.1 Å². The quantitative estimate of drug-likeness (QED) is 0.665. The molecule has 0 unspecified atom stereocenters. The van der Waals surface area contributed by atoms with Crippen LogP contribution in [0.4, 0.5) is 10.6 Å². The summed E-state index contributed by atoms with van der Waals surface area (Å²) in [6.07, 6.45) is 0.630. The molecule has 0 aromatic carbocycles. The summed E-state index contributed by atoms with van der Waals surface area (Å²) >= 11 is 3.34. The van der Waals surface area contributed by atoms with Crippen LogP contribution in [0, 0.1) is 0 Å². The molecule has 0 atom stereocenters. The molecule has 1 fully saturated rings. The largest absolute Gasteiger partial charge is 0.465 e. The molecule has 126 valence electrons. The first-order chi connectivity index (χ1) is 11.0. The zero-order valence-corrected chi connectivity index (χ0v) is 14.3. The highest BCUT2D eigenvalue weighted by atomic mass is 79.9. The molecule has 1 aliphatic rings. The first-order valence-electron chi connectivity index (χ1n) is 7.36. The Morgan fingerprint density at radius 3 is 2.61 bits per heavy atom. The fourth-order valence-corrected chi connectivity index (χ4v) is 2.69. The van der Waals surface area contributed by atoms with Crippen LogP contribution in [-0.2, 0) is 4.79 Å². The van der Waals surface area contributed by atoms with E-state index in [0.717, 1.165) is 30.7 Å². The Labute approximate surface area is 143 Å². The van der Waals surface area contributed by atoms with Crippen molar-refractivity contribution in [3.05, 3.63) is 22.8 Å². The molecule has 1 saturated heterocycles. The molecule has 0 spiro atoms. The number of nitrogens with one attached hydrogen (secondary N) is 2. The average molecular weight is 386 g/mol. The molecule has 1 aromatic heterocycles. The fourth-order valence-electron chi connectivity index (χ4n) is 2.35. The molecular formula is C14H20BrN5O3. The molecule has 1 aliphatic heterocycles. The first kappa shape index (κ1) is 17.6. The number of halogens is 1. The lowest BCUT2D eigenvalue weighted by atomic mass is 10.3. The van der Waals surface area contributed by atoms with Gasteiger partial charge in [-0.2, -0.15) is 0 Å². The molecule has 1 aromatic rings. The number of nitrogens with zero attached hydrogens (tertiary/aromatic N) is 3. The van der Waals surface area contributed by atoms with Gasteiger partial charge in [0.15, 0.2) is 0 Å². The lowest BCUT2D eigenvalue weighted by Gasteiger charge is -2.34. The summed E-state index contributed by atoms with van der Waals surface area (Å²) < 4.78 is 0.867. The number of pyridine rings is 1. The van der Waals surface area contributed by atoms with Crippen LogP contribution < -0.4 is 10.6 Å². The van der Waals surface area contributed by atoms with Crippen molar-refractivity contribution in [3.63, 3.8) is 0 Å². The second-order valence-electron chi connectivity index (χ2n) is 5.26. The average Bonchev–Trinajstić information content (AvgIpc) is 2.48. The minimum atomic E-state index is -0.999. The topological polar surface area (TPSA) is 97.8 Å². The Bertz CT molecular complexity index is 549. The summed E-state index contributed by atoms with van der Waals surface area (Å²) in [5.74, 6) is 0.444. The number of piperazine rings is 1. The third kappa shape index (κ3) is 6.51. The van der Waals surface area contributed by atoms with Crippen LogP contribution in [-0.4, -0.2) is 77.7 Å². The second kappa shape index (κ2) is 8.80. The van der Waals surface area contributed by atoms with Crippen LogP contribution in [0.15, 0.2) is 22.8 Å². The lowest BCUT2D eigenvalue weighted by Crippen LogP contribution is -2.50. The van der Waals surface area contributed by atoms with Crippen LogP contribution in [0.25, 0.3) is 0 Å². The Balaban J connectivity index is 1.67. The van der Waals surface area contributed by atoms with E-state index in [1.807, 2.05) is 0 Å². The van der Waals surface area contributed by atoms with Crippen LogP contribution in [0.1, 0.15) is 0 Å². The maximum Gasteiger partial charge on any atom is 0.404 e. The highest BCUT2D eigenvalue weighted by molar-refractivity contribution is 9.10. The highest BCUT2D eigenvalue weighted by Gasteiger charge is 2.18. The summed E-state index contributed by atoms with van der Waals surface area (Å²) in [7, 11) is 0. The Hall–Kier alpha value is -1.71. The third-order valence-corrected chi connectivity index (χ3v) is 4.02. The fraction of sp³-hybridized carbons (Fsp3) is 0.500. The summed E-state index contributed by atoms with van der Waals surface area (Å²) in [6, 6.07) is 3.55. The van der Waals surface area contributed by atoms with E-state index in [-0.39, 0.29) is 5.91 Å². The van der Waals surface area contributed by atoms with Gasteiger partial charge in [-0.3, -0.25) is 14.6 Å². The zero-order valence-electron chi connectivity index (χ0n) is 12.7. The van der Waals surface area contributed by atoms with Crippen molar-refractivity contribution in [2.45, 2.75) is 0 Å². The molecule has 2 heterocycles. The SMILES string of the molecule is O=C(O)NCCN1CCN(CC(=O)Nc2cc(Br)ccn2)CC1. The highest BCUT2D eigenvalue weighted by Crippen LogP contribution is 2.12. The van der Waals surface area contributed by atoms with Crippen molar-refractivity contribution in [2.24, 2.45) is 0 Å². The first-order valence-corrected chi connectivity index (χ1v) is 8.15. The van der Waals surface area contributed by atoms with Gasteiger partial charge in [0, 0.05) is 49.9 Å². The van der Waals surface area contributed by atoms with Gasteiger partial charge in [0.2, 0.25) is 5.91 Å². The summed E-state index contributed by atoms with van der Waals surface area (Å²) in [5.41, 5.74) is 0. The minimum absolute atomic E-state index is 0.0865. The summed E-state index contributed by atoms with van der Waals surface area (Å²) in [6.45, 7) is 4.65. The number of amides is 2. The predicted molar refractivity (Wildman–Crippen MR) is 89.5 cm³/mol. The molecule has 0 bridgehead atoms. The molecule has 9 heteroatoms. The monoisotopic (exact) mass is 385 g/mol. The summed E-state index contributed by atoms with van der Waals surface area (Å²) in [4.78, 5) is 30.8. The Morgan fingerprint density at radius 1 is 1.26 bits per heavy atom. The maximum absolute atomic E-state index is 12.0. The van der Waals surface area contributed by atoms with Gasteiger partial charge in [0.25, 0.3) is 0 Å². The Kier molecular flexibility index (Phi) is 6.75. The summed E-state index contributed by atoms with van der Waals surface area (Å²) in [5, 5.41) is 13.7. The molecule has 2 amide bonds. The van der Waals surface area contributed by atoms with Crippen LogP contribution in [0.5, 0.6) is 0 Å². The van der Waals surface area contributed by atoms with Crippen molar-refractivity contribution in [3.8, 4) is 0 Å². The van der Waals surface area contributed by atoms with E-state index in [9.17, 15) is 9.59 Å². The molecule has 0 radical (unpaired) electrons. The predicted octanol–water partition coefficient (Wildman–Crippen LogP) is 0.668. The van der Waals surface area contributed by atoms with Crippen molar-refractivity contribution >= 4 is 33.7 Å². The van der Waals surface area contributed by atoms with E-state index in [2.05, 4.69) is 41.3 Å². The zero-order chi connectivity index (χ0) is 16.7. The number of carbonyl (C=O) groups is 2. The van der Waals surface area contributed by atoms with Gasteiger partial charge in [-0.15, -0.1) is 0 Å². The van der Waals surface area contributed by atoms with Crippen LogP contribution in [0.2, 0.25) is 0 Å². The van der Waals surface area contributed by atoms with Gasteiger partial charge in [0.05, 0.1) is 6.54 Å². The van der Waals surface area contributed by atoms with E-state index >= 15 is 0 Å². The van der Waals surface area contributed by atoms with E-state index in [0.29, 0.717) is 25.5 Å². The van der Waals surface area contributed by atoms with E-state index in [4.69, 9.17) is 5.11 Å². The number of carbonyl (C=O) groups excluding carboxylic acids is 1.